The molecule has 0 aliphatic rings. The van der Waals surface area contributed by atoms with Crippen molar-refractivity contribution >= 4 is 23.3 Å². The van der Waals surface area contributed by atoms with Crippen LogP contribution in [0.15, 0.2) is 64.6 Å². The molecule has 0 radical (unpaired) electrons. The molecular formula is C33H50N2Pd. The fourth-order valence-corrected chi connectivity index (χ4v) is 4.46. The number of rotatable bonds is 20. The molecule has 0 saturated carbocycles. The van der Waals surface area contributed by atoms with Crippen LogP contribution in [0.4, 0.5) is 11.4 Å². The van der Waals surface area contributed by atoms with Crippen LogP contribution in [0.1, 0.15) is 122 Å². The van der Waals surface area contributed by atoms with Crippen LogP contribution in [0, 0.1) is 0 Å². The largest absolute Gasteiger partial charge is 0.255 e. The zero-order valence-electron chi connectivity index (χ0n) is 23.0. The molecule has 0 bridgehead atoms. The van der Waals surface area contributed by atoms with Crippen molar-refractivity contribution in [3.05, 3.63) is 60.2 Å². The van der Waals surface area contributed by atoms with Gasteiger partial charge in [0.25, 0.3) is 0 Å². The summed E-state index contributed by atoms with van der Waals surface area (Å²) in [5, 5.41) is 0. The molecule has 0 amide bonds. The first-order chi connectivity index (χ1) is 17.3. The average molecular weight is 581 g/mol. The van der Waals surface area contributed by atoms with Gasteiger partial charge in [-0.05, 0) is 55.5 Å². The summed E-state index contributed by atoms with van der Waals surface area (Å²) in [5.74, 6) is 0. The van der Waals surface area contributed by atoms with Crippen LogP contribution < -0.4 is 0 Å². The summed E-state index contributed by atoms with van der Waals surface area (Å²) >= 11 is 0. The van der Waals surface area contributed by atoms with E-state index in [1.54, 1.807) is 0 Å². The maximum absolute atomic E-state index is 4.95. The van der Waals surface area contributed by atoms with Gasteiger partial charge in [-0.25, -0.2) is 0 Å². The van der Waals surface area contributed by atoms with Crippen LogP contribution in [0.5, 0.6) is 0 Å². The van der Waals surface area contributed by atoms with Crippen molar-refractivity contribution in [2.24, 2.45) is 9.98 Å². The van der Waals surface area contributed by atoms with Crippen molar-refractivity contribution in [1.29, 1.82) is 0 Å². The maximum Gasteiger partial charge on any atom is 0.0636 e. The molecule has 0 heterocycles. The Bertz CT molecular complexity index is 829. The van der Waals surface area contributed by atoms with E-state index in [0.717, 1.165) is 42.8 Å². The van der Waals surface area contributed by atoms with Gasteiger partial charge in [-0.2, -0.15) is 0 Å². The van der Waals surface area contributed by atoms with Gasteiger partial charge in [0.15, 0.2) is 0 Å². The second-order valence-electron chi connectivity index (χ2n) is 9.96. The Morgan fingerprint density at radius 1 is 0.611 bits per heavy atom. The molecule has 0 saturated heterocycles. The molecule has 36 heavy (non-hydrogen) atoms. The predicted molar refractivity (Wildman–Crippen MR) is 157 cm³/mol. The molecule has 0 aliphatic carbocycles. The van der Waals surface area contributed by atoms with Crippen molar-refractivity contribution in [3.63, 3.8) is 0 Å². The third-order valence-electron chi connectivity index (χ3n) is 6.66. The molecule has 2 nitrogen and oxygen atoms in total. The van der Waals surface area contributed by atoms with Crippen LogP contribution in [-0.2, 0) is 26.8 Å². The monoisotopic (exact) mass is 580 g/mol. The zero-order chi connectivity index (χ0) is 24.8. The van der Waals surface area contributed by atoms with Gasteiger partial charge in [0.2, 0.25) is 0 Å². The quantitative estimate of drug-likeness (QED) is 0.0845. The van der Waals surface area contributed by atoms with Crippen LogP contribution in [0.25, 0.3) is 0 Å². The van der Waals surface area contributed by atoms with Gasteiger partial charge in [0.1, 0.15) is 0 Å². The number of aliphatic imine (C=N–C) groups is 2. The van der Waals surface area contributed by atoms with E-state index in [9.17, 15) is 0 Å². The molecule has 0 N–H and O–H groups in total. The molecule has 0 spiro atoms. The third-order valence-corrected chi connectivity index (χ3v) is 6.66. The molecule has 0 aliphatic heterocycles. The van der Waals surface area contributed by atoms with E-state index >= 15 is 0 Å². The van der Waals surface area contributed by atoms with E-state index in [1.165, 1.54) is 89.0 Å². The second kappa shape index (κ2) is 22.6. The number of para-hydroxylation sites is 1. The van der Waals surface area contributed by atoms with Gasteiger partial charge < -0.3 is 0 Å². The van der Waals surface area contributed by atoms with E-state index in [4.69, 9.17) is 4.99 Å². The van der Waals surface area contributed by atoms with Crippen molar-refractivity contribution in [2.45, 2.75) is 123 Å². The standard InChI is InChI=1S/C33H50N2.Pd/c1-3-5-7-8-9-10-11-12-13-14-15-16-18-22-30-23-21-27-32(28-30)35-33(24-6-4-2)29-34-31-25-19-17-20-26-31;/h17,19-21,23,25-29H,3-16,18,22,24H2,1-2H3;/b34-29+,35-33+;. The SMILES string of the molecule is CCCCCCCCCCCCCCCc1cccc(/N=C(/C=N/c2ccccc2)CCCC)c1.[Pd]. The Kier molecular flexibility index (Phi) is 20.4. The number of hydrogen-bond donors (Lipinski definition) is 0. The summed E-state index contributed by atoms with van der Waals surface area (Å²) in [6.07, 6.45) is 24.6. The minimum absolute atomic E-state index is 0. The van der Waals surface area contributed by atoms with Gasteiger partial charge in [-0.1, -0.05) is 128 Å². The first-order valence-electron chi connectivity index (χ1n) is 14.6. The minimum Gasteiger partial charge on any atom is -0.255 e. The maximum atomic E-state index is 4.95. The van der Waals surface area contributed by atoms with E-state index in [0.29, 0.717) is 0 Å². The third kappa shape index (κ3) is 16.2. The van der Waals surface area contributed by atoms with Gasteiger partial charge in [0, 0.05) is 26.6 Å². The van der Waals surface area contributed by atoms with Crippen LogP contribution in [0.3, 0.4) is 0 Å². The Labute approximate surface area is 236 Å². The summed E-state index contributed by atoms with van der Waals surface area (Å²) in [6, 6.07) is 18.9. The average Bonchev–Trinajstić information content (AvgIpc) is 2.89. The Morgan fingerprint density at radius 2 is 1.17 bits per heavy atom. The fourth-order valence-electron chi connectivity index (χ4n) is 4.46. The molecule has 0 fully saturated rings. The smallest absolute Gasteiger partial charge is 0.0636 e. The van der Waals surface area contributed by atoms with Gasteiger partial charge in [-0.3, -0.25) is 9.98 Å². The summed E-state index contributed by atoms with van der Waals surface area (Å²) in [5.41, 5.74) is 4.51. The van der Waals surface area contributed by atoms with E-state index in [1.807, 2.05) is 36.5 Å². The van der Waals surface area contributed by atoms with E-state index < -0.39 is 0 Å². The number of aryl methyl sites for hydroxylation is 1. The molecule has 3 heteroatoms. The summed E-state index contributed by atoms with van der Waals surface area (Å²) in [4.78, 5) is 9.59. The minimum atomic E-state index is 0. The van der Waals surface area contributed by atoms with Crippen molar-refractivity contribution in [3.8, 4) is 0 Å². The number of nitrogens with zero attached hydrogens (tertiary/aromatic N) is 2. The molecule has 2 rings (SSSR count). The number of benzene rings is 2. The van der Waals surface area contributed by atoms with Crippen molar-refractivity contribution in [2.75, 3.05) is 0 Å². The predicted octanol–water partition coefficient (Wildman–Crippen LogP) is 11.0. The summed E-state index contributed by atoms with van der Waals surface area (Å²) in [6.45, 7) is 4.52. The normalized spacial score (nSPS) is 11.7. The number of hydrogen-bond acceptors (Lipinski definition) is 2. The fraction of sp³-hybridized carbons (Fsp3) is 0.576. The molecule has 0 aromatic heterocycles. The summed E-state index contributed by atoms with van der Waals surface area (Å²) < 4.78 is 0. The molecule has 2 aromatic rings. The van der Waals surface area contributed by atoms with Crippen molar-refractivity contribution in [1.82, 2.24) is 0 Å². The Balaban J connectivity index is 0.00000648. The van der Waals surface area contributed by atoms with E-state index in [-0.39, 0.29) is 20.4 Å². The van der Waals surface area contributed by atoms with Gasteiger partial charge >= 0.3 is 0 Å². The summed E-state index contributed by atoms with van der Waals surface area (Å²) in [7, 11) is 0. The zero-order valence-corrected chi connectivity index (χ0v) is 24.6. The Morgan fingerprint density at radius 3 is 1.78 bits per heavy atom. The van der Waals surface area contributed by atoms with Gasteiger partial charge in [-0.15, -0.1) is 0 Å². The number of unbranched alkanes of at least 4 members (excludes halogenated alkanes) is 13. The molecule has 0 atom stereocenters. The van der Waals surface area contributed by atoms with E-state index in [2.05, 4.69) is 43.1 Å². The second-order valence-corrected chi connectivity index (χ2v) is 9.96. The Hall–Kier alpha value is -1.56. The first kappa shape index (κ1) is 32.5. The van der Waals surface area contributed by atoms with Crippen LogP contribution >= 0.6 is 0 Å². The van der Waals surface area contributed by atoms with Crippen molar-refractivity contribution < 1.29 is 20.4 Å². The van der Waals surface area contributed by atoms with Crippen LogP contribution in [0.2, 0.25) is 0 Å². The van der Waals surface area contributed by atoms with Gasteiger partial charge in [0.05, 0.1) is 17.1 Å². The molecule has 0 unspecified atom stereocenters. The first-order valence-corrected chi connectivity index (χ1v) is 14.6. The molecular weight excluding hydrogens is 531 g/mol. The molecule has 202 valence electrons. The topological polar surface area (TPSA) is 24.7 Å². The van der Waals surface area contributed by atoms with Crippen LogP contribution in [-0.4, -0.2) is 11.9 Å². The molecule has 2 aromatic carbocycles.